The number of hydrogen-bond donors (Lipinski definition) is 1. The fourth-order valence-electron chi connectivity index (χ4n) is 4.74. The van der Waals surface area contributed by atoms with E-state index in [1.54, 1.807) is 19.1 Å². The molecule has 1 saturated carbocycles. The Bertz CT molecular complexity index is 1020. The topological polar surface area (TPSA) is 72.8 Å². The third-order valence-electron chi connectivity index (χ3n) is 6.87. The smallest absolute Gasteiger partial charge is 0.344 e. The number of esters is 1. The quantitative estimate of drug-likeness (QED) is 0.271. The summed E-state index contributed by atoms with van der Waals surface area (Å²) >= 11 is 0. The first-order valence-corrected chi connectivity index (χ1v) is 12.9. The molecule has 0 radical (unpaired) electrons. The molecular weight excluding hydrogens is 440 g/mol. The SMILES string of the molecule is CCCCC(Oc1ccc(/C=C/c2ccc(C(=O)OCC)cc2)cc1C1(C)CCCCC1)C(=O)O. The van der Waals surface area contributed by atoms with Crippen LogP contribution in [0.2, 0.25) is 0 Å². The molecule has 5 nitrogen and oxygen atoms in total. The summed E-state index contributed by atoms with van der Waals surface area (Å²) in [6, 6.07) is 13.4. The van der Waals surface area contributed by atoms with Crippen LogP contribution in [-0.4, -0.2) is 29.8 Å². The minimum atomic E-state index is -0.909. The van der Waals surface area contributed by atoms with Gasteiger partial charge in [0.25, 0.3) is 0 Å². The summed E-state index contributed by atoms with van der Waals surface area (Å²) in [4.78, 5) is 23.7. The van der Waals surface area contributed by atoms with Crippen molar-refractivity contribution in [2.45, 2.75) is 83.7 Å². The number of aliphatic carboxylic acids is 1. The van der Waals surface area contributed by atoms with Crippen molar-refractivity contribution in [3.05, 3.63) is 64.7 Å². The van der Waals surface area contributed by atoms with Gasteiger partial charge in [0.1, 0.15) is 5.75 Å². The van der Waals surface area contributed by atoms with Gasteiger partial charge < -0.3 is 14.6 Å². The van der Waals surface area contributed by atoms with Gasteiger partial charge >= 0.3 is 11.9 Å². The maximum absolute atomic E-state index is 11.9. The van der Waals surface area contributed by atoms with Crippen LogP contribution in [0.15, 0.2) is 42.5 Å². The maximum atomic E-state index is 11.9. The summed E-state index contributed by atoms with van der Waals surface area (Å²) in [5.41, 5.74) is 3.61. The molecular formula is C30H38O5. The van der Waals surface area contributed by atoms with Crippen LogP contribution in [0.4, 0.5) is 0 Å². The van der Waals surface area contributed by atoms with Crippen LogP contribution in [0.3, 0.4) is 0 Å². The van der Waals surface area contributed by atoms with Gasteiger partial charge in [-0.25, -0.2) is 9.59 Å². The summed E-state index contributed by atoms with van der Waals surface area (Å²) in [6.45, 7) is 6.48. The molecule has 1 aliphatic carbocycles. The molecule has 35 heavy (non-hydrogen) atoms. The Morgan fingerprint density at radius 3 is 2.29 bits per heavy atom. The van der Waals surface area contributed by atoms with Crippen molar-refractivity contribution in [3.8, 4) is 5.75 Å². The minimum absolute atomic E-state index is 0.0352. The molecule has 0 amide bonds. The number of carbonyl (C=O) groups excluding carboxylic acids is 1. The van der Waals surface area contributed by atoms with Crippen molar-refractivity contribution in [3.63, 3.8) is 0 Å². The average molecular weight is 479 g/mol. The van der Waals surface area contributed by atoms with Gasteiger partial charge in [-0.2, -0.15) is 0 Å². The largest absolute Gasteiger partial charge is 0.479 e. The first-order chi connectivity index (χ1) is 16.9. The van der Waals surface area contributed by atoms with Crippen LogP contribution in [0, 0.1) is 0 Å². The molecule has 1 unspecified atom stereocenters. The van der Waals surface area contributed by atoms with Gasteiger partial charge in [-0.15, -0.1) is 0 Å². The lowest BCUT2D eigenvalue weighted by Crippen LogP contribution is -2.30. The number of rotatable bonds is 11. The molecule has 0 saturated heterocycles. The fraction of sp³-hybridized carbons (Fsp3) is 0.467. The van der Waals surface area contributed by atoms with Crippen molar-refractivity contribution in [2.24, 2.45) is 0 Å². The Balaban J connectivity index is 1.87. The second-order valence-electron chi connectivity index (χ2n) is 9.64. The lowest BCUT2D eigenvalue weighted by atomic mass is 9.70. The molecule has 0 aromatic heterocycles. The molecule has 2 aromatic carbocycles. The number of carboxylic acid groups (broad SMARTS) is 1. The number of benzene rings is 2. The molecule has 1 fully saturated rings. The summed E-state index contributed by atoms with van der Waals surface area (Å²) in [7, 11) is 0. The van der Waals surface area contributed by atoms with E-state index in [0.717, 1.165) is 42.4 Å². The molecule has 0 heterocycles. The van der Waals surface area contributed by atoms with E-state index < -0.39 is 12.1 Å². The van der Waals surface area contributed by atoms with Crippen LogP contribution in [0.25, 0.3) is 12.2 Å². The second kappa shape index (κ2) is 12.6. The zero-order valence-electron chi connectivity index (χ0n) is 21.2. The predicted octanol–water partition coefficient (Wildman–Crippen LogP) is 7.28. The first-order valence-electron chi connectivity index (χ1n) is 12.9. The Hall–Kier alpha value is -3.08. The van der Waals surface area contributed by atoms with Gasteiger partial charge in [-0.3, -0.25) is 0 Å². The third-order valence-corrected chi connectivity index (χ3v) is 6.87. The normalized spacial score (nSPS) is 16.1. The number of carboxylic acids is 1. The summed E-state index contributed by atoms with van der Waals surface area (Å²) < 4.78 is 11.2. The summed E-state index contributed by atoms with van der Waals surface area (Å²) in [5, 5.41) is 9.71. The van der Waals surface area contributed by atoms with Crippen LogP contribution < -0.4 is 4.74 Å². The number of ether oxygens (including phenoxy) is 2. The van der Waals surface area contributed by atoms with Crippen molar-refractivity contribution in [2.75, 3.05) is 6.61 Å². The number of carbonyl (C=O) groups is 2. The molecule has 3 rings (SSSR count). The molecule has 5 heteroatoms. The molecule has 0 aliphatic heterocycles. The highest BCUT2D eigenvalue weighted by Gasteiger charge is 2.33. The Kier molecular flexibility index (Phi) is 9.53. The summed E-state index contributed by atoms with van der Waals surface area (Å²) in [6.07, 6.45) is 11.2. The highest BCUT2D eigenvalue weighted by molar-refractivity contribution is 5.89. The third kappa shape index (κ3) is 7.20. The number of hydrogen-bond acceptors (Lipinski definition) is 4. The lowest BCUT2D eigenvalue weighted by molar-refractivity contribution is -0.145. The standard InChI is InChI=1S/C30H38O5/c1-4-6-10-27(28(31)32)35-26-18-15-23(21-25(26)30(3)19-8-7-9-20-30)12-11-22-13-16-24(17-14-22)29(33)34-5-2/h11-18,21,27H,4-10,19-20H2,1-3H3,(H,31,32)/b12-11+. The van der Waals surface area contributed by atoms with E-state index in [-0.39, 0.29) is 11.4 Å². The van der Waals surface area contributed by atoms with Crippen molar-refractivity contribution in [1.29, 1.82) is 0 Å². The lowest BCUT2D eigenvalue weighted by Gasteiger charge is -2.36. The van der Waals surface area contributed by atoms with E-state index in [0.29, 0.717) is 24.3 Å². The van der Waals surface area contributed by atoms with E-state index in [2.05, 4.69) is 19.9 Å². The summed E-state index contributed by atoms with van der Waals surface area (Å²) in [5.74, 6) is -0.537. The van der Waals surface area contributed by atoms with Crippen molar-refractivity contribution < 1.29 is 24.2 Å². The van der Waals surface area contributed by atoms with E-state index in [4.69, 9.17) is 9.47 Å². The Morgan fingerprint density at radius 1 is 1.00 bits per heavy atom. The molecule has 0 spiro atoms. The molecule has 1 atom stereocenters. The zero-order valence-corrected chi connectivity index (χ0v) is 21.2. The monoisotopic (exact) mass is 478 g/mol. The van der Waals surface area contributed by atoms with E-state index in [1.807, 2.05) is 36.4 Å². The van der Waals surface area contributed by atoms with Crippen LogP contribution in [0.5, 0.6) is 5.75 Å². The molecule has 1 N–H and O–H groups in total. The van der Waals surface area contributed by atoms with E-state index >= 15 is 0 Å². The van der Waals surface area contributed by atoms with Crippen molar-refractivity contribution >= 4 is 24.1 Å². The van der Waals surface area contributed by atoms with Gasteiger partial charge in [-0.1, -0.05) is 69.9 Å². The Morgan fingerprint density at radius 2 is 1.66 bits per heavy atom. The number of unbranched alkanes of at least 4 members (excludes halogenated alkanes) is 1. The first kappa shape index (κ1) is 26.5. The van der Waals surface area contributed by atoms with E-state index in [1.165, 1.54) is 19.3 Å². The highest BCUT2D eigenvalue weighted by Crippen LogP contribution is 2.44. The van der Waals surface area contributed by atoms with Crippen LogP contribution in [0.1, 0.15) is 99.2 Å². The van der Waals surface area contributed by atoms with Gasteiger partial charge in [0, 0.05) is 5.56 Å². The van der Waals surface area contributed by atoms with E-state index in [9.17, 15) is 14.7 Å². The van der Waals surface area contributed by atoms with Gasteiger partial charge in [0.15, 0.2) is 6.10 Å². The Labute approximate surface area is 209 Å². The highest BCUT2D eigenvalue weighted by atomic mass is 16.5. The molecule has 1 aliphatic rings. The predicted molar refractivity (Wildman–Crippen MR) is 140 cm³/mol. The van der Waals surface area contributed by atoms with Crippen molar-refractivity contribution in [1.82, 2.24) is 0 Å². The maximum Gasteiger partial charge on any atom is 0.344 e. The van der Waals surface area contributed by atoms with Crippen LogP contribution >= 0.6 is 0 Å². The van der Waals surface area contributed by atoms with Gasteiger partial charge in [-0.05, 0) is 73.4 Å². The fourth-order valence-corrected chi connectivity index (χ4v) is 4.74. The molecule has 2 aromatic rings. The van der Waals surface area contributed by atoms with Gasteiger partial charge in [0.2, 0.25) is 0 Å². The van der Waals surface area contributed by atoms with Crippen LogP contribution in [-0.2, 0) is 14.9 Å². The zero-order chi connectivity index (χ0) is 25.3. The molecule has 188 valence electrons. The average Bonchev–Trinajstić information content (AvgIpc) is 2.86. The minimum Gasteiger partial charge on any atom is -0.479 e. The van der Waals surface area contributed by atoms with Gasteiger partial charge in [0.05, 0.1) is 12.2 Å². The second-order valence-corrected chi connectivity index (χ2v) is 9.64. The molecule has 0 bridgehead atoms.